The van der Waals surface area contributed by atoms with E-state index in [1.54, 1.807) is 0 Å². The number of aliphatic hydroxyl groups is 1. The maximum atomic E-state index is 8.89. The summed E-state index contributed by atoms with van der Waals surface area (Å²) in [5.74, 6) is 1.67. The van der Waals surface area contributed by atoms with Crippen LogP contribution >= 0.6 is 0 Å². The van der Waals surface area contributed by atoms with Crippen LogP contribution in [0.2, 0.25) is 0 Å². The topological polar surface area (TPSA) is 70.9 Å². The Morgan fingerprint density at radius 2 is 1.90 bits per heavy atom. The van der Waals surface area contributed by atoms with Crippen molar-refractivity contribution in [1.82, 2.24) is 15.2 Å². The molecule has 5 heteroatoms. The Labute approximate surface area is 119 Å². The van der Waals surface area contributed by atoms with Crippen molar-refractivity contribution in [2.75, 3.05) is 18.5 Å². The number of hydrogen-bond acceptors (Lipinski definition) is 5. The van der Waals surface area contributed by atoms with E-state index in [2.05, 4.69) is 20.5 Å². The average Bonchev–Trinajstić information content (AvgIpc) is 2.48. The summed E-state index contributed by atoms with van der Waals surface area (Å²) in [4.78, 5) is 4.55. The summed E-state index contributed by atoms with van der Waals surface area (Å²) in [6, 6.07) is 9.86. The van der Waals surface area contributed by atoms with Gasteiger partial charge in [-0.2, -0.15) is 0 Å². The lowest BCUT2D eigenvalue weighted by Crippen LogP contribution is -2.11. The van der Waals surface area contributed by atoms with Gasteiger partial charge in [0, 0.05) is 24.6 Å². The van der Waals surface area contributed by atoms with Crippen molar-refractivity contribution in [2.45, 2.75) is 26.2 Å². The molecule has 0 aliphatic heterocycles. The molecule has 2 N–H and O–H groups in total. The van der Waals surface area contributed by atoms with Crippen molar-refractivity contribution in [3.8, 4) is 11.3 Å². The third-order valence-corrected chi connectivity index (χ3v) is 2.89. The molecule has 0 amide bonds. The first-order valence-electron chi connectivity index (χ1n) is 6.87. The van der Waals surface area contributed by atoms with Gasteiger partial charge in [0.25, 0.3) is 0 Å². The lowest BCUT2D eigenvalue weighted by Gasteiger charge is -2.12. The van der Waals surface area contributed by atoms with Gasteiger partial charge in [0.05, 0.1) is 0 Å². The number of benzene rings is 1. The van der Waals surface area contributed by atoms with Crippen molar-refractivity contribution in [3.05, 3.63) is 36.2 Å². The van der Waals surface area contributed by atoms with E-state index in [1.165, 1.54) is 0 Å². The molecule has 1 heterocycles. The number of rotatable bonds is 6. The van der Waals surface area contributed by atoms with E-state index in [4.69, 9.17) is 5.11 Å². The molecular formula is C15H20N4O. The van der Waals surface area contributed by atoms with Gasteiger partial charge in [-0.15, -0.1) is 10.2 Å². The number of anilines is 1. The molecule has 20 heavy (non-hydrogen) atoms. The molecule has 5 nitrogen and oxygen atoms in total. The molecule has 2 aromatic rings. The van der Waals surface area contributed by atoms with E-state index in [1.807, 2.05) is 44.2 Å². The smallest absolute Gasteiger partial charge is 0.156 e. The van der Waals surface area contributed by atoms with Gasteiger partial charge in [-0.05, 0) is 6.42 Å². The van der Waals surface area contributed by atoms with Gasteiger partial charge in [-0.25, -0.2) is 4.98 Å². The maximum absolute atomic E-state index is 8.89. The summed E-state index contributed by atoms with van der Waals surface area (Å²) >= 11 is 0. The van der Waals surface area contributed by atoms with Crippen LogP contribution in [-0.4, -0.2) is 33.4 Å². The Kier molecular flexibility index (Phi) is 5.01. The Morgan fingerprint density at radius 1 is 1.15 bits per heavy atom. The summed E-state index contributed by atoms with van der Waals surface area (Å²) in [6.07, 6.45) is 0.676. The lowest BCUT2D eigenvalue weighted by molar-refractivity contribution is 0.292. The zero-order valence-corrected chi connectivity index (χ0v) is 11.9. The highest BCUT2D eigenvalue weighted by atomic mass is 16.3. The van der Waals surface area contributed by atoms with Crippen LogP contribution in [0.25, 0.3) is 11.3 Å². The molecule has 0 radical (unpaired) electrons. The van der Waals surface area contributed by atoms with E-state index in [0.717, 1.165) is 22.9 Å². The molecule has 106 valence electrons. The molecule has 0 saturated heterocycles. The highest BCUT2D eigenvalue weighted by Crippen LogP contribution is 2.24. The molecule has 0 atom stereocenters. The van der Waals surface area contributed by atoms with Crippen LogP contribution in [0.3, 0.4) is 0 Å². The summed E-state index contributed by atoms with van der Waals surface area (Å²) in [7, 11) is 0. The minimum atomic E-state index is 0.156. The Balaban J connectivity index is 2.34. The molecule has 0 fully saturated rings. The van der Waals surface area contributed by atoms with Crippen LogP contribution in [0.15, 0.2) is 30.3 Å². The number of nitrogens with zero attached hydrogens (tertiary/aromatic N) is 3. The van der Waals surface area contributed by atoms with Gasteiger partial charge in [0.2, 0.25) is 0 Å². The predicted molar refractivity (Wildman–Crippen MR) is 79.5 cm³/mol. The fraction of sp³-hybridized carbons (Fsp3) is 0.400. The molecule has 0 aliphatic rings. The second kappa shape index (κ2) is 6.96. The van der Waals surface area contributed by atoms with Crippen LogP contribution in [0.5, 0.6) is 0 Å². The molecular weight excluding hydrogens is 252 g/mol. The third kappa shape index (κ3) is 3.51. The van der Waals surface area contributed by atoms with Crippen LogP contribution < -0.4 is 5.32 Å². The fourth-order valence-electron chi connectivity index (χ4n) is 1.78. The molecule has 0 saturated carbocycles. The zero-order chi connectivity index (χ0) is 14.4. The highest BCUT2D eigenvalue weighted by Gasteiger charge is 2.12. The summed E-state index contributed by atoms with van der Waals surface area (Å²) in [5.41, 5.74) is 1.72. The van der Waals surface area contributed by atoms with Gasteiger partial charge in [0.1, 0.15) is 5.69 Å². The van der Waals surface area contributed by atoms with Gasteiger partial charge >= 0.3 is 0 Å². The normalized spacial score (nSPS) is 10.8. The SMILES string of the molecule is CC(C)c1nnc(-c2ccccc2)c(NCCCO)n1. The van der Waals surface area contributed by atoms with Crippen molar-refractivity contribution >= 4 is 5.82 Å². The third-order valence-electron chi connectivity index (χ3n) is 2.89. The Morgan fingerprint density at radius 3 is 2.55 bits per heavy atom. The van der Waals surface area contributed by atoms with Gasteiger partial charge in [-0.3, -0.25) is 0 Å². The first-order valence-corrected chi connectivity index (χ1v) is 6.87. The number of hydrogen-bond donors (Lipinski definition) is 2. The minimum absolute atomic E-state index is 0.156. The predicted octanol–water partition coefficient (Wildman–Crippen LogP) is 2.46. The number of nitrogens with one attached hydrogen (secondary N) is 1. The van der Waals surface area contributed by atoms with E-state index >= 15 is 0 Å². The summed E-state index contributed by atoms with van der Waals surface area (Å²) in [6.45, 7) is 4.89. The van der Waals surface area contributed by atoms with Gasteiger partial charge in [0.15, 0.2) is 11.6 Å². The largest absolute Gasteiger partial charge is 0.396 e. The standard InChI is InChI=1S/C15H20N4O/c1-11(2)14-17-15(16-9-6-10-20)13(18-19-14)12-7-4-3-5-8-12/h3-5,7-8,11,20H,6,9-10H2,1-2H3,(H,16,17,19). The van der Waals surface area contributed by atoms with Gasteiger partial charge < -0.3 is 10.4 Å². The first-order chi connectivity index (χ1) is 9.72. The molecule has 0 unspecified atom stereocenters. The fourth-order valence-corrected chi connectivity index (χ4v) is 1.78. The minimum Gasteiger partial charge on any atom is -0.396 e. The Hall–Kier alpha value is -2.01. The van der Waals surface area contributed by atoms with Crippen molar-refractivity contribution < 1.29 is 5.11 Å². The second-order valence-corrected chi connectivity index (χ2v) is 4.89. The van der Waals surface area contributed by atoms with Crippen LogP contribution in [-0.2, 0) is 0 Å². The zero-order valence-electron chi connectivity index (χ0n) is 11.9. The van der Waals surface area contributed by atoms with Gasteiger partial charge in [-0.1, -0.05) is 44.2 Å². The molecule has 2 rings (SSSR count). The van der Waals surface area contributed by atoms with Crippen LogP contribution in [0.4, 0.5) is 5.82 Å². The number of aromatic nitrogens is 3. The molecule has 1 aromatic carbocycles. The first kappa shape index (κ1) is 14.4. The quantitative estimate of drug-likeness (QED) is 0.790. The van der Waals surface area contributed by atoms with Crippen molar-refractivity contribution in [2.24, 2.45) is 0 Å². The molecule has 0 spiro atoms. The molecule has 0 aliphatic carbocycles. The second-order valence-electron chi connectivity index (χ2n) is 4.89. The van der Waals surface area contributed by atoms with Crippen molar-refractivity contribution in [3.63, 3.8) is 0 Å². The summed E-state index contributed by atoms with van der Waals surface area (Å²) < 4.78 is 0. The lowest BCUT2D eigenvalue weighted by atomic mass is 10.1. The van der Waals surface area contributed by atoms with E-state index < -0.39 is 0 Å². The van der Waals surface area contributed by atoms with Crippen LogP contribution in [0, 0.1) is 0 Å². The Bertz CT molecular complexity index is 543. The van der Waals surface area contributed by atoms with E-state index in [0.29, 0.717) is 13.0 Å². The molecule has 0 bridgehead atoms. The molecule has 1 aromatic heterocycles. The summed E-state index contributed by atoms with van der Waals surface area (Å²) in [5, 5.41) is 20.6. The maximum Gasteiger partial charge on any atom is 0.156 e. The monoisotopic (exact) mass is 272 g/mol. The average molecular weight is 272 g/mol. The van der Waals surface area contributed by atoms with E-state index in [-0.39, 0.29) is 12.5 Å². The van der Waals surface area contributed by atoms with Crippen molar-refractivity contribution in [1.29, 1.82) is 0 Å². The van der Waals surface area contributed by atoms with E-state index in [9.17, 15) is 0 Å². The highest BCUT2D eigenvalue weighted by molar-refractivity contribution is 5.70. The van der Waals surface area contributed by atoms with Crippen LogP contribution in [0.1, 0.15) is 32.0 Å². The number of aliphatic hydroxyl groups excluding tert-OH is 1.